The number of hydrogen-bond acceptors (Lipinski definition) is 4. The van der Waals surface area contributed by atoms with Gasteiger partial charge in [0.25, 0.3) is 5.91 Å². The van der Waals surface area contributed by atoms with Gasteiger partial charge in [-0.15, -0.1) is 0 Å². The number of aromatic nitrogens is 5. The molecule has 2 aromatic carbocycles. The van der Waals surface area contributed by atoms with Crippen molar-refractivity contribution < 1.29 is 35.5 Å². The van der Waals surface area contributed by atoms with E-state index in [1.54, 1.807) is 6.92 Å². The minimum Gasteiger partial charge on any atom is -0.304 e. The summed E-state index contributed by atoms with van der Waals surface area (Å²) in [7, 11) is 0. The van der Waals surface area contributed by atoms with Crippen molar-refractivity contribution in [3.8, 4) is 11.3 Å². The molecule has 0 aliphatic rings. The van der Waals surface area contributed by atoms with Crippen LogP contribution in [0.4, 0.5) is 36.6 Å². The van der Waals surface area contributed by atoms with E-state index >= 15 is 0 Å². The average molecular weight is 597 g/mol. The zero-order chi connectivity index (χ0) is 29.7. The second kappa shape index (κ2) is 10.2. The number of alkyl halides is 5. The Morgan fingerprint density at radius 2 is 1.68 bits per heavy atom. The number of amides is 1. The van der Waals surface area contributed by atoms with Crippen LogP contribution in [-0.4, -0.2) is 36.5 Å². The molecule has 41 heavy (non-hydrogen) atoms. The highest BCUT2D eigenvalue weighted by Crippen LogP contribution is 2.44. The molecule has 0 saturated heterocycles. The summed E-state index contributed by atoms with van der Waals surface area (Å²) in [6.45, 7) is 1.54. The van der Waals surface area contributed by atoms with E-state index in [0.29, 0.717) is 11.8 Å². The van der Waals surface area contributed by atoms with E-state index < -0.39 is 46.7 Å². The van der Waals surface area contributed by atoms with Gasteiger partial charge in [-0.25, -0.2) is 18.3 Å². The van der Waals surface area contributed by atoms with Crippen LogP contribution in [0, 0.1) is 18.6 Å². The first-order valence-electron chi connectivity index (χ1n) is 11.6. The molecule has 3 aromatic heterocycles. The van der Waals surface area contributed by atoms with Crippen molar-refractivity contribution in [3.63, 3.8) is 0 Å². The van der Waals surface area contributed by atoms with Gasteiger partial charge in [0.15, 0.2) is 17.2 Å². The Kier molecular flexibility index (Phi) is 6.97. The van der Waals surface area contributed by atoms with Gasteiger partial charge in [-0.3, -0.25) is 9.48 Å². The summed E-state index contributed by atoms with van der Waals surface area (Å²) < 4.78 is 98.3. The van der Waals surface area contributed by atoms with E-state index in [1.165, 1.54) is 28.9 Å². The first-order chi connectivity index (χ1) is 19.2. The molecule has 0 aliphatic heterocycles. The van der Waals surface area contributed by atoms with Crippen molar-refractivity contribution >= 4 is 29.0 Å². The Morgan fingerprint density at radius 3 is 2.34 bits per heavy atom. The van der Waals surface area contributed by atoms with Crippen LogP contribution < -0.4 is 5.32 Å². The lowest BCUT2D eigenvalue weighted by molar-refractivity contribution is -0.291. The summed E-state index contributed by atoms with van der Waals surface area (Å²) in [5.41, 5.74) is -2.27. The zero-order valence-electron chi connectivity index (χ0n) is 20.6. The maximum absolute atomic E-state index is 14.6. The van der Waals surface area contributed by atoms with Gasteiger partial charge in [0, 0.05) is 34.0 Å². The number of aryl methyl sites for hydroxylation is 1. The Bertz CT molecular complexity index is 1760. The standard InChI is InChI=1S/C26H16ClF7N6O/c1-13-9-22(38-39(13)12-16-17(27)3-2-4-18(16)29)36-24(41)20-11-23-35-19(14-5-7-15(28)8-6-14)10-21(40(23)37-20)25(30,31)26(32,33)34/h2-11H,12H2,1H3,(H,36,38,41). The molecule has 5 rings (SSSR count). The van der Waals surface area contributed by atoms with Crippen LogP contribution in [0.5, 0.6) is 0 Å². The second-order valence-corrected chi connectivity index (χ2v) is 9.30. The number of nitrogens with one attached hydrogen (secondary N) is 1. The van der Waals surface area contributed by atoms with Crippen molar-refractivity contribution in [1.29, 1.82) is 0 Å². The quantitative estimate of drug-likeness (QED) is 0.219. The molecule has 0 unspecified atom stereocenters. The van der Waals surface area contributed by atoms with Crippen molar-refractivity contribution in [3.05, 3.63) is 100.0 Å². The van der Waals surface area contributed by atoms with Crippen molar-refractivity contribution in [2.75, 3.05) is 5.32 Å². The summed E-state index contributed by atoms with van der Waals surface area (Å²) in [5.74, 6) is -7.63. The zero-order valence-corrected chi connectivity index (χ0v) is 21.4. The van der Waals surface area contributed by atoms with E-state index in [-0.39, 0.29) is 38.7 Å². The largest absolute Gasteiger partial charge is 0.459 e. The van der Waals surface area contributed by atoms with Gasteiger partial charge in [0.2, 0.25) is 0 Å². The molecule has 0 saturated carbocycles. The van der Waals surface area contributed by atoms with Gasteiger partial charge < -0.3 is 5.32 Å². The molecule has 0 bridgehead atoms. The molecule has 0 spiro atoms. The van der Waals surface area contributed by atoms with E-state index in [0.717, 1.165) is 30.3 Å². The molecule has 0 radical (unpaired) electrons. The minimum absolute atomic E-state index is 0.0298. The fourth-order valence-corrected chi connectivity index (χ4v) is 4.19. The molecule has 3 heterocycles. The number of anilines is 1. The Hall–Kier alpha value is -4.46. The van der Waals surface area contributed by atoms with Gasteiger partial charge in [-0.05, 0) is 49.4 Å². The molecule has 1 amide bonds. The number of hydrogen-bond donors (Lipinski definition) is 1. The maximum Gasteiger partial charge on any atom is 0.459 e. The summed E-state index contributed by atoms with van der Waals surface area (Å²) in [6.07, 6.45) is -6.00. The summed E-state index contributed by atoms with van der Waals surface area (Å²) >= 11 is 6.06. The van der Waals surface area contributed by atoms with E-state index in [9.17, 15) is 35.5 Å². The third kappa shape index (κ3) is 5.34. The number of fused-ring (bicyclic) bond motifs is 1. The Morgan fingerprint density at radius 1 is 0.976 bits per heavy atom. The molecular weight excluding hydrogens is 581 g/mol. The predicted molar refractivity (Wildman–Crippen MR) is 134 cm³/mol. The van der Waals surface area contributed by atoms with Crippen LogP contribution in [0.1, 0.15) is 27.4 Å². The van der Waals surface area contributed by atoms with Crippen LogP contribution in [0.2, 0.25) is 5.02 Å². The molecule has 212 valence electrons. The number of benzene rings is 2. The number of rotatable bonds is 6. The molecular formula is C26H16ClF7N6O. The number of carbonyl (C=O) groups is 1. The molecule has 7 nitrogen and oxygen atoms in total. The highest BCUT2D eigenvalue weighted by Gasteiger charge is 2.60. The number of nitrogens with zero attached hydrogens (tertiary/aromatic N) is 5. The van der Waals surface area contributed by atoms with E-state index in [1.807, 2.05) is 0 Å². The monoisotopic (exact) mass is 596 g/mol. The predicted octanol–water partition coefficient (Wildman–Crippen LogP) is 6.79. The topological polar surface area (TPSA) is 77.1 Å². The fourth-order valence-electron chi connectivity index (χ4n) is 3.97. The fraction of sp³-hybridized carbons (Fsp3) is 0.154. The molecule has 15 heteroatoms. The van der Waals surface area contributed by atoms with Gasteiger partial charge in [-0.2, -0.15) is 32.1 Å². The minimum atomic E-state index is -6.00. The smallest absolute Gasteiger partial charge is 0.304 e. The van der Waals surface area contributed by atoms with Crippen molar-refractivity contribution in [2.45, 2.75) is 25.6 Å². The van der Waals surface area contributed by atoms with Crippen LogP contribution in [0.15, 0.2) is 60.7 Å². The van der Waals surface area contributed by atoms with Gasteiger partial charge >= 0.3 is 12.1 Å². The van der Waals surface area contributed by atoms with Crippen molar-refractivity contribution in [1.82, 2.24) is 24.4 Å². The number of halogens is 8. The SMILES string of the molecule is Cc1cc(NC(=O)c2cc3nc(-c4ccc(F)cc4)cc(C(F)(F)C(F)(F)F)n3n2)nn1Cc1c(F)cccc1Cl. The van der Waals surface area contributed by atoms with E-state index in [2.05, 4.69) is 20.5 Å². The number of carbonyl (C=O) groups excluding carboxylic acids is 1. The molecule has 0 atom stereocenters. The lowest BCUT2D eigenvalue weighted by Crippen LogP contribution is -2.36. The summed E-state index contributed by atoms with van der Waals surface area (Å²) in [4.78, 5) is 17.0. The third-order valence-electron chi connectivity index (χ3n) is 6.07. The molecule has 0 fully saturated rings. The second-order valence-electron chi connectivity index (χ2n) is 8.89. The van der Waals surface area contributed by atoms with E-state index in [4.69, 9.17) is 11.6 Å². The average Bonchev–Trinajstić information content (AvgIpc) is 3.48. The molecule has 1 N–H and O–H groups in total. The lowest BCUT2D eigenvalue weighted by Gasteiger charge is -2.21. The summed E-state index contributed by atoms with van der Waals surface area (Å²) in [6, 6.07) is 11.2. The molecule has 0 aliphatic carbocycles. The Labute approximate surface area is 231 Å². The Balaban J connectivity index is 1.50. The highest BCUT2D eigenvalue weighted by atomic mass is 35.5. The third-order valence-corrected chi connectivity index (χ3v) is 6.42. The first-order valence-corrected chi connectivity index (χ1v) is 12.0. The molecule has 5 aromatic rings. The van der Waals surface area contributed by atoms with Gasteiger partial charge in [0.05, 0.1) is 12.2 Å². The lowest BCUT2D eigenvalue weighted by atomic mass is 10.1. The highest BCUT2D eigenvalue weighted by molar-refractivity contribution is 6.31. The van der Waals surface area contributed by atoms with Crippen LogP contribution in [0.25, 0.3) is 16.9 Å². The van der Waals surface area contributed by atoms with Gasteiger partial charge in [-0.1, -0.05) is 17.7 Å². The van der Waals surface area contributed by atoms with Crippen LogP contribution >= 0.6 is 11.6 Å². The maximum atomic E-state index is 14.6. The van der Waals surface area contributed by atoms with Gasteiger partial charge in [0.1, 0.15) is 17.3 Å². The first kappa shape index (κ1) is 28.1. The summed E-state index contributed by atoms with van der Waals surface area (Å²) in [5, 5.41) is 10.4. The van der Waals surface area contributed by atoms with Crippen molar-refractivity contribution in [2.24, 2.45) is 0 Å². The normalized spacial score (nSPS) is 12.2. The van der Waals surface area contributed by atoms with Crippen LogP contribution in [0.3, 0.4) is 0 Å². The van der Waals surface area contributed by atoms with Crippen LogP contribution in [-0.2, 0) is 12.5 Å².